The lowest BCUT2D eigenvalue weighted by Crippen LogP contribution is -2.12. The van der Waals surface area contributed by atoms with E-state index in [0.29, 0.717) is 0 Å². The molecular formula is C16H19Cl2N. The Morgan fingerprint density at radius 3 is 1.95 bits per heavy atom. The van der Waals surface area contributed by atoms with Gasteiger partial charge in [0.05, 0.1) is 0 Å². The molecule has 0 unspecified atom stereocenters. The van der Waals surface area contributed by atoms with Crippen LogP contribution >= 0.6 is 24.0 Å². The summed E-state index contributed by atoms with van der Waals surface area (Å²) < 4.78 is 0. The number of halogens is 2. The van der Waals surface area contributed by atoms with Gasteiger partial charge in [0, 0.05) is 11.6 Å². The van der Waals surface area contributed by atoms with Gasteiger partial charge in [-0.1, -0.05) is 54.1 Å². The van der Waals surface area contributed by atoms with E-state index in [-0.39, 0.29) is 12.4 Å². The molecule has 0 saturated carbocycles. The van der Waals surface area contributed by atoms with E-state index in [2.05, 4.69) is 49.3 Å². The van der Waals surface area contributed by atoms with Gasteiger partial charge in [0.25, 0.3) is 0 Å². The Morgan fingerprint density at radius 2 is 1.37 bits per heavy atom. The number of nitrogens with zero attached hydrogens (tertiary/aromatic N) is 1. The van der Waals surface area contributed by atoms with Crippen molar-refractivity contribution in [1.29, 1.82) is 0 Å². The van der Waals surface area contributed by atoms with E-state index in [1.54, 1.807) is 0 Å². The van der Waals surface area contributed by atoms with E-state index in [0.717, 1.165) is 18.0 Å². The van der Waals surface area contributed by atoms with E-state index < -0.39 is 0 Å². The van der Waals surface area contributed by atoms with Crippen LogP contribution in [0.15, 0.2) is 48.5 Å². The molecule has 0 atom stereocenters. The minimum Gasteiger partial charge on any atom is -0.305 e. The van der Waals surface area contributed by atoms with Crippen molar-refractivity contribution < 1.29 is 0 Å². The van der Waals surface area contributed by atoms with Gasteiger partial charge in [0.1, 0.15) is 0 Å². The van der Waals surface area contributed by atoms with Crippen molar-refractivity contribution in [3.05, 3.63) is 70.2 Å². The third-order valence-electron chi connectivity index (χ3n) is 2.94. The van der Waals surface area contributed by atoms with Gasteiger partial charge in [-0.3, -0.25) is 0 Å². The fraction of sp³-hybridized carbons (Fsp3) is 0.250. The van der Waals surface area contributed by atoms with Gasteiger partial charge in [-0.15, -0.1) is 12.4 Å². The zero-order chi connectivity index (χ0) is 13.0. The maximum atomic E-state index is 6.22. The SMILES string of the molecule is CN(C)Cc1ccccc1Cc1ccccc1Cl.Cl. The second-order valence-corrected chi connectivity index (χ2v) is 5.18. The van der Waals surface area contributed by atoms with Crippen molar-refractivity contribution in [1.82, 2.24) is 4.90 Å². The highest BCUT2D eigenvalue weighted by molar-refractivity contribution is 6.31. The summed E-state index contributed by atoms with van der Waals surface area (Å²) in [6.07, 6.45) is 0.893. The highest BCUT2D eigenvalue weighted by Crippen LogP contribution is 2.21. The first-order valence-corrected chi connectivity index (χ1v) is 6.49. The van der Waals surface area contributed by atoms with Gasteiger partial charge in [0.15, 0.2) is 0 Å². The van der Waals surface area contributed by atoms with Crippen LogP contribution in [0.5, 0.6) is 0 Å². The van der Waals surface area contributed by atoms with Crippen molar-refractivity contribution >= 4 is 24.0 Å². The summed E-state index contributed by atoms with van der Waals surface area (Å²) >= 11 is 6.22. The van der Waals surface area contributed by atoms with Gasteiger partial charge in [-0.05, 0) is 43.3 Å². The Labute approximate surface area is 126 Å². The second kappa shape index (κ2) is 7.54. The third-order valence-corrected chi connectivity index (χ3v) is 3.31. The minimum atomic E-state index is 0. The third kappa shape index (κ3) is 4.54. The van der Waals surface area contributed by atoms with Crippen molar-refractivity contribution in [2.75, 3.05) is 14.1 Å². The zero-order valence-electron chi connectivity index (χ0n) is 11.3. The molecule has 2 aromatic rings. The average molecular weight is 296 g/mol. The number of benzene rings is 2. The van der Waals surface area contributed by atoms with Crippen LogP contribution in [0.4, 0.5) is 0 Å². The fourth-order valence-corrected chi connectivity index (χ4v) is 2.27. The molecule has 0 saturated heterocycles. The number of rotatable bonds is 4. The molecule has 102 valence electrons. The van der Waals surface area contributed by atoms with Crippen molar-refractivity contribution in [3.63, 3.8) is 0 Å². The lowest BCUT2D eigenvalue weighted by molar-refractivity contribution is 0.401. The average Bonchev–Trinajstić information content (AvgIpc) is 2.34. The normalized spacial score (nSPS) is 10.3. The molecular weight excluding hydrogens is 277 g/mol. The quantitative estimate of drug-likeness (QED) is 0.807. The molecule has 0 amide bonds. The van der Waals surface area contributed by atoms with Crippen LogP contribution in [0.3, 0.4) is 0 Å². The van der Waals surface area contributed by atoms with Gasteiger partial charge in [-0.25, -0.2) is 0 Å². The van der Waals surface area contributed by atoms with E-state index in [1.807, 2.05) is 18.2 Å². The van der Waals surface area contributed by atoms with Crippen LogP contribution in [-0.4, -0.2) is 19.0 Å². The Bertz CT molecular complexity index is 524. The summed E-state index contributed by atoms with van der Waals surface area (Å²) in [5.74, 6) is 0. The minimum absolute atomic E-state index is 0. The number of hydrogen-bond acceptors (Lipinski definition) is 1. The van der Waals surface area contributed by atoms with Crippen LogP contribution in [0.25, 0.3) is 0 Å². The summed E-state index contributed by atoms with van der Waals surface area (Å²) in [6, 6.07) is 16.6. The topological polar surface area (TPSA) is 3.24 Å². The lowest BCUT2D eigenvalue weighted by atomic mass is 9.99. The first-order chi connectivity index (χ1) is 8.66. The van der Waals surface area contributed by atoms with E-state index in [4.69, 9.17) is 11.6 Å². The van der Waals surface area contributed by atoms with Crippen LogP contribution in [0.1, 0.15) is 16.7 Å². The summed E-state index contributed by atoms with van der Waals surface area (Å²) in [5, 5.41) is 0.845. The van der Waals surface area contributed by atoms with Crippen LogP contribution in [-0.2, 0) is 13.0 Å². The largest absolute Gasteiger partial charge is 0.305 e. The van der Waals surface area contributed by atoms with Crippen LogP contribution in [0.2, 0.25) is 5.02 Å². The van der Waals surface area contributed by atoms with Crippen molar-refractivity contribution in [2.45, 2.75) is 13.0 Å². The molecule has 0 heterocycles. The maximum Gasteiger partial charge on any atom is 0.0441 e. The smallest absolute Gasteiger partial charge is 0.0441 e. The molecule has 2 aromatic carbocycles. The van der Waals surface area contributed by atoms with Gasteiger partial charge in [-0.2, -0.15) is 0 Å². The first-order valence-electron chi connectivity index (χ1n) is 6.11. The Morgan fingerprint density at radius 1 is 0.842 bits per heavy atom. The summed E-state index contributed by atoms with van der Waals surface area (Å²) in [5.41, 5.74) is 3.90. The Hall–Kier alpha value is -1.02. The molecule has 0 aliphatic rings. The highest BCUT2D eigenvalue weighted by atomic mass is 35.5. The zero-order valence-corrected chi connectivity index (χ0v) is 12.8. The van der Waals surface area contributed by atoms with Gasteiger partial charge < -0.3 is 4.90 Å². The monoisotopic (exact) mass is 295 g/mol. The molecule has 0 aliphatic heterocycles. The summed E-state index contributed by atoms with van der Waals surface area (Å²) in [7, 11) is 4.18. The number of hydrogen-bond donors (Lipinski definition) is 0. The summed E-state index contributed by atoms with van der Waals surface area (Å²) in [4.78, 5) is 2.19. The predicted octanol–water partition coefficient (Wildman–Crippen LogP) is 4.41. The van der Waals surface area contributed by atoms with Crippen LogP contribution in [0, 0.1) is 0 Å². The molecule has 0 spiro atoms. The van der Waals surface area contributed by atoms with Crippen molar-refractivity contribution in [2.24, 2.45) is 0 Å². The molecule has 1 nitrogen and oxygen atoms in total. The van der Waals surface area contributed by atoms with Gasteiger partial charge in [0.2, 0.25) is 0 Å². The molecule has 0 bridgehead atoms. The molecule has 0 radical (unpaired) electrons. The predicted molar refractivity (Wildman–Crippen MR) is 85.3 cm³/mol. The van der Waals surface area contributed by atoms with E-state index in [1.165, 1.54) is 16.7 Å². The molecule has 0 aliphatic carbocycles. The lowest BCUT2D eigenvalue weighted by Gasteiger charge is -2.14. The maximum absolute atomic E-state index is 6.22. The second-order valence-electron chi connectivity index (χ2n) is 4.77. The molecule has 0 fully saturated rings. The van der Waals surface area contributed by atoms with E-state index >= 15 is 0 Å². The summed E-state index contributed by atoms with van der Waals surface area (Å²) in [6.45, 7) is 0.959. The highest BCUT2D eigenvalue weighted by Gasteiger charge is 2.06. The molecule has 2 rings (SSSR count). The standard InChI is InChI=1S/C16H18ClN.ClH/c1-18(2)12-15-9-4-3-7-13(15)11-14-8-5-6-10-16(14)17;/h3-10H,11-12H2,1-2H3;1H. The molecule has 0 N–H and O–H groups in total. The first kappa shape index (κ1) is 16.0. The van der Waals surface area contributed by atoms with Crippen molar-refractivity contribution in [3.8, 4) is 0 Å². The molecule has 0 aromatic heterocycles. The molecule has 19 heavy (non-hydrogen) atoms. The fourth-order valence-electron chi connectivity index (χ4n) is 2.07. The van der Waals surface area contributed by atoms with Gasteiger partial charge >= 0.3 is 0 Å². The van der Waals surface area contributed by atoms with Crippen LogP contribution < -0.4 is 0 Å². The van der Waals surface area contributed by atoms with E-state index in [9.17, 15) is 0 Å². The Kier molecular flexibility index (Phi) is 6.36. The Balaban J connectivity index is 0.00000180. The molecule has 3 heteroatoms.